The highest BCUT2D eigenvalue weighted by Gasteiger charge is 2.17. The normalized spacial score (nSPS) is 12.5. The highest BCUT2D eigenvalue weighted by atomic mass is 79.9. The van der Waals surface area contributed by atoms with Crippen molar-refractivity contribution < 1.29 is 18.0 Å². The summed E-state index contributed by atoms with van der Waals surface area (Å²) in [4.78, 5) is 23.5. The molecule has 0 bridgehead atoms. The number of carbonyl (C=O) groups excluding carboxylic acids is 2. The summed E-state index contributed by atoms with van der Waals surface area (Å²) in [6.07, 6.45) is 0.755. The SMILES string of the molecule is CCCNC(=O)[C@H](C)NC(=O)CCNS(=O)(=O)c1ccc(Br)cc1. The van der Waals surface area contributed by atoms with Gasteiger partial charge in [0.25, 0.3) is 0 Å². The Bertz CT molecular complexity index is 662. The van der Waals surface area contributed by atoms with E-state index in [1.165, 1.54) is 12.1 Å². The second-order valence-electron chi connectivity index (χ2n) is 5.18. The van der Waals surface area contributed by atoms with Gasteiger partial charge in [0, 0.05) is 24.0 Å². The first-order chi connectivity index (χ1) is 11.3. The molecule has 24 heavy (non-hydrogen) atoms. The van der Waals surface area contributed by atoms with E-state index in [0.717, 1.165) is 10.9 Å². The van der Waals surface area contributed by atoms with Crippen molar-refractivity contribution in [1.29, 1.82) is 0 Å². The molecular weight excluding hydrogens is 398 g/mol. The summed E-state index contributed by atoms with van der Waals surface area (Å²) in [5.41, 5.74) is 0. The molecule has 0 aliphatic heterocycles. The van der Waals surface area contributed by atoms with Crippen molar-refractivity contribution in [3.05, 3.63) is 28.7 Å². The van der Waals surface area contributed by atoms with Crippen LogP contribution in [-0.2, 0) is 19.6 Å². The van der Waals surface area contributed by atoms with Crippen molar-refractivity contribution in [3.8, 4) is 0 Å². The van der Waals surface area contributed by atoms with E-state index < -0.39 is 22.0 Å². The second-order valence-corrected chi connectivity index (χ2v) is 7.86. The van der Waals surface area contributed by atoms with Gasteiger partial charge < -0.3 is 10.6 Å². The Balaban J connectivity index is 2.42. The van der Waals surface area contributed by atoms with Gasteiger partial charge in [0.15, 0.2) is 0 Å². The fourth-order valence-corrected chi connectivity index (χ4v) is 3.07. The van der Waals surface area contributed by atoms with Crippen LogP contribution in [0.1, 0.15) is 26.7 Å². The average molecular weight is 420 g/mol. The van der Waals surface area contributed by atoms with Crippen LogP contribution in [0.25, 0.3) is 0 Å². The molecule has 0 aromatic heterocycles. The Morgan fingerprint density at radius 3 is 2.38 bits per heavy atom. The molecule has 0 radical (unpaired) electrons. The molecule has 0 aliphatic rings. The molecule has 0 spiro atoms. The number of amides is 2. The summed E-state index contributed by atoms with van der Waals surface area (Å²) in [5.74, 6) is -0.659. The zero-order chi connectivity index (χ0) is 18.2. The molecule has 134 valence electrons. The molecule has 2 amide bonds. The zero-order valence-corrected chi connectivity index (χ0v) is 16.0. The van der Waals surface area contributed by atoms with Crippen molar-refractivity contribution in [2.45, 2.75) is 37.6 Å². The number of sulfonamides is 1. The average Bonchev–Trinajstić information content (AvgIpc) is 2.52. The van der Waals surface area contributed by atoms with Crippen LogP contribution < -0.4 is 15.4 Å². The number of halogens is 1. The Labute approximate surface area is 150 Å². The van der Waals surface area contributed by atoms with Gasteiger partial charge in [0.2, 0.25) is 21.8 Å². The maximum Gasteiger partial charge on any atom is 0.242 e. The Kier molecular flexibility index (Phi) is 8.37. The maximum absolute atomic E-state index is 12.1. The maximum atomic E-state index is 12.1. The predicted octanol–water partition coefficient (Wildman–Crippen LogP) is 1.15. The number of benzene rings is 1. The third kappa shape index (κ3) is 6.98. The number of rotatable bonds is 9. The lowest BCUT2D eigenvalue weighted by atomic mass is 10.3. The van der Waals surface area contributed by atoms with E-state index in [9.17, 15) is 18.0 Å². The van der Waals surface area contributed by atoms with E-state index >= 15 is 0 Å². The standard InChI is InChI=1S/C15H22BrN3O4S/c1-3-9-17-15(21)11(2)19-14(20)8-10-18-24(22,23)13-6-4-12(16)5-7-13/h4-7,11,18H,3,8-10H2,1-2H3,(H,17,21)(H,19,20)/t11-/m0/s1. The summed E-state index contributed by atoms with van der Waals surface area (Å²) in [6, 6.07) is 5.52. The van der Waals surface area contributed by atoms with Crippen LogP contribution in [0.5, 0.6) is 0 Å². The summed E-state index contributed by atoms with van der Waals surface area (Å²) < 4.78 is 27.2. The Hall–Kier alpha value is -1.45. The van der Waals surface area contributed by atoms with Crippen LogP contribution in [0.4, 0.5) is 0 Å². The lowest BCUT2D eigenvalue weighted by molar-refractivity contribution is -0.128. The molecular formula is C15H22BrN3O4S. The van der Waals surface area contributed by atoms with E-state index in [4.69, 9.17) is 0 Å². The van der Waals surface area contributed by atoms with Crippen molar-refractivity contribution >= 4 is 37.8 Å². The topological polar surface area (TPSA) is 104 Å². The second kappa shape index (κ2) is 9.75. The van der Waals surface area contributed by atoms with Gasteiger partial charge in [0.05, 0.1) is 4.90 Å². The summed E-state index contributed by atoms with van der Waals surface area (Å²) >= 11 is 3.23. The number of hydrogen-bond acceptors (Lipinski definition) is 4. The van der Waals surface area contributed by atoms with E-state index in [-0.39, 0.29) is 23.8 Å². The van der Waals surface area contributed by atoms with E-state index in [0.29, 0.717) is 6.54 Å². The summed E-state index contributed by atoms with van der Waals surface area (Å²) in [5, 5.41) is 5.20. The van der Waals surface area contributed by atoms with Gasteiger partial charge in [-0.1, -0.05) is 22.9 Å². The van der Waals surface area contributed by atoms with E-state index in [1.54, 1.807) is 19.1 Å². The highest BCUT2D eigenvalue weighted by molar-refractivity contribution is 9.10. The van der Waals surface area contributed by atoms with Crippen LogP contribution in [0.2, 0.25) is 0 Å². The minimum absolute atomic E-state index is 0.0481. The molecule has 0 aliphatic carbocycles. The summed E-state index contributed by atoms with van der Waals surface area (Å²) in [6.45, 7) is 4.01. The van der Waals surface area contributed by atoms with Gasteiger partial charge >= 0.3 is 0 Å². The number of nitrogens with one attached hydrogen (secondary N) is 3. The lowest BCUT2D eigenvalue weighted by Gasteiger charge is -2.14. The number of hydrogen-bond donors (Lipinski definition) is 3. The first-order valence-corrected chi connectivity index (χ1v) is 9.86. The van der Waals surface area contributed by atoms with Crippen LogP contribution in [0.15, 0.2) is 33.6 Å². The Morgan fingerprint density at radius 2 is 1.79 bits per heavy atom. The molecule has 9 heteroatoms. The largest absolute Gasteiger partial charge is 0.354 e. The molecule has 7 nitrogen and oxygen atoms in total. The van der Waals surface area contributed by atoms with E-state index in [2.05, 4.69) is 31.3 Å². The van der Waals surface area contributed by atoms with Crippen LogP contribution in [0, 0.1) is 0 Å². The molecule has 0 heterocycles. The van der Waals surface area contributed by atoms with Crippen molar-refractivity contribution in [2.75, 3.05) is 13.1 Å². The number of carbonyl (C=O) groups is 2. The zero-order valence-electron chi connectivity index (χ0n) is 13.6. The van der Waals surface area contributed by atoms with Crippen LogP contribution in [-0.4, -0.2) is 39.4 Å². The molecule has 0 saturated heterocycles. The smallest absolute Gasteiger partial charge is 0.242 e. The first-order valence-electron chi connectivity index (χ1n) is 7.58. The van der Waals surface area contributed by atoms with Gasteiger partial charge in [0.1, 0.15) is 6.04 Å². The third-order valence-corrected chi connectivity index (χ3v) is 5.09. The van der Waals surface area contributed by atoms with Crippen LogP contribution in [0.3, 0.4) is 0 Å². The predicted molar refractivity (Wildman–Crippen MR) is 94.9 cm³/mol. The van der Waals surface area contributed by atoms with E-state index in [1.807, 2.05) is 6.92 Å². The molecule has 1 rings (SSSR count). The van der Waals surface area contributed by atoms with Gasteiger partial charge in [-0.05, 0) is 37.6 Å². The monoisotopic (exact) mass is 419 g/mol. The van der Waals surface area contributed by atoms with Gasteiger partial charge in [-0.2, -0.15) is 0 Å². The molecule has 1 aromatic carbocycles. The molecule has 3 N–H and O–H groups in total. The fourth-order valence-electron chi connectivity index (χ4n) is 1.78. The third-order valence-electron chi connectivity index (χ3n) is 3.09. The fraction of sp³-hybridized carbons (Fsp3) is 0.467. The quantitative estimate of drug-likeness (QED) is 0.558. The van der Waals surface area contributed by atoms with Gasteiger partial charge in [-0.15, -0.1) is 0 Å². The first kappa shape index (κ1) is 20.6. The molecule has 0 unspecified atom stereocenters. The Morgan fingerprint density at radius 1 is 1.17 bits per heavy atom. The van der Waals surface area contributed by atoms with Crippen molar-refractivity contribution in [3.63, 3.8) is 0 Å². The lowest BCUT2D eigenvalue weighted by Crippen LogP contribution is -2.45. The van der Waals surface area contributed by atoms with Crippen molar-refractivity contribution in [1.82, 2.24) is 15.4 Å². The van der Waals surface area contributed by atoms with Gasteiger partial charge in [-0.25, -0.2) is 13.1 Å². The molecule has 0 saturated carbocycles. The highest BCUT2D eigenvalue weighted by Crippen LogP contribution is 2.14. The molecule has 0 fully saturated rings. The van der Waals surface area contributed by atoms with Crippen LogP contribution >= 0.6 is 15.9 Å². The minimum atomic E-state index is -3.66. The van der Waals surface area contributed by atoms with Crippen molar-refractivity contribution in [2.24, 2.45) is 0 Å². The summed E-state index contributed by atoms with van der Waals surface area (Å²) in [7, 11) is -3.66. The van der Waals surface area contributed by atoms with Gasteiger partial charge in [-0.3, -0.25) is 9.59 Å². The molecule has 1 aromatic rings. The minimum Gasteiger partial charge on any atom is -0.354 e. The molecule has 1 atom stereocenters.